The van der Waals surface area contributed by atoms with Crippen molar-refractivity contribution in [3.8, 4) is 0 Å². The molecular formula is C14H23N5O. The maximum atomic E-state index is 11.6. The fraction of sp³-hybridized carbons (Fsp3) is 0.714. The minimum atomic E-state index is -0.0404. The summed E-state index contributed by atoms with van der Waals surface area (Å²) in [4.78, 5) is 16.5. The zero-order valence-corrected chi connectivity index (χ0v) is 12.1. The van der Waals surface area contributed by atoms with Gasteiger partial charge < -0.3 is 10.2 Å². The van der Waals surface area contributed by atoms with Crippen molar-refractivity contribution in [3.05, 3.63) is 22.6 Å². The number of rotatable bonds is 2. The van der Waals surface area contributed by atoms with E-state index in [4.69, 9.17) is 0 Å². The Morgan fingerprint density at radius 3 is 2.75 bits per heavy atom. The molecule has 1 aromatic rings. The number of anilines is 1. The third kappa shape index (κ3) is 2.86. The van der Waals surface area contributed by atoms with Gasteiger partial charge in [0.25, 0.3) is 5.56 Å². The highest BCUT2D eigenvalue weighted by atomic mass is 16.1. The number of nitrogens with one attached hydrogen (secondary N) is 1. The lowest BCUT2D eigenvalue weighted by Gasteiger charge is -2.41. The summed E-state index contributed by atoms with van der Waals surface area (Å²) in [6, 6.07) is 2.37. The van der Waals surface area contributed by atoms with E-state index in [9.17, 15) is 4.79 Å². The summed E-state index contributed by atoms with van der Waals surface area (Å²) in [5.41, 5.74) is 0.913. The van der Waals surface area contributed by atoms with E-state index in [0.29, 0.717) is 6.04 Å². The first-order valence-electron chi connectivity index (χ1n) is 7.47. The van der Waals surface area contributed by atoms with Crippen LogP contribution in [0.2, 0.25) is 0 Å². The van der Waals surface area contributed by atoms with Crippen molar-refractivity contribution in [1.82, 2.24) is 20.0 Å². The third-order valence-corrected chi connectivity index (χ3v) is 4.42. The molecule has 6 nitrogen and oxygen atoms in total. The van der Waals surface area contributed by atoms with Crippen LogP contribution in [0, 0.1) is 0 Å². The van der Waals surface area contributed by atoms with Crippen molar-refractivity contribution in [1.29, 1.82) is 0 Å². The van der Waals surface area contributed by atoms with Gasteiger partial charge in [0.2, 0.25) is 0 Å². The zero-order valence-electron chi connectivity index (χ0n) is 12.1. The van der Waals surface area contributed by atoms with E-state index in [1.54, 1.807) is 19.3 Å². The van der Waals surface area contributed by atoms with Crippen LogP contribution >= 0.6 is 0 Å². The van der Waals surface area contributed by atoms with E-state index in [2.05, 4.69) is 20.2 Å². The molecule has 110 valence electrons. The molecule has 2 aliphatic rings. The third-order valence-electron chi connectivity index (χ3n) is 4.42. The van der Waals surface area contributed by atoms with E-state index < -0.39 is 0 Å². The Morgan fingerprint density at radius 2 is 2.10 bits per heavy atom. The summed E-state index contributed by atoms with van der Waals surface area (Å²) < 4.78 is 1.37. The fourth-order valence-corrected chi connectivity index (χ4v) is 3.12. The number of aryl methyl sites for hydroxylation is 1. The summed E-state index contributed by atoms with van der Waals surface area (Å²) in [6.45, 7) is 6.38. The van der Waals surface area contributed by atoms with E-state index >= 15 is 0 Å². The molecular weight excluding hydrogens is 254 g/mol. The summed E-state index contributed by atoms with van der Waals surface area (Å²) in [6.07, 6.45) is 4.38. The van der Waals surface area contributed by atoms with Crippen molar-refractivity contribution in [2.24, 2.45) is 7.05 Å². The van der Waals surface area contributed by atoms with Crippen LogP contribution in [0.5, 0.6) is 0 Å². The number of aromatic nitrogens is 2. The number of piperazine rings is 1. The summed E-state index contributed by atoms with van der Waals surface area (Å²) >= 11 is 0. The molecule has 0 bridgehead atoms. The van der Waals surface area contributed by atoms with Gasteiger partial charge in [0, 0.05) is 51.9 Å². The van der Waals surface area contributed by atoms with Crippen LogP contribution in [0.1, 0.15) is 12.8 Å². The number of hydrogen-bond acceptors (Lipinski definition) is 5. The normalized spacial score (nSPS) is 24.9. The second-order valence-corrected chi connectivity index (χ2v) is 5.70. The molecule has 0 aromatic carbocycles. The van der Waals surface area contributed by atoms with Gasteiger partial charge in [-0.1, -0.05) is 0 Å². The molecule has 1 unspecified atom stereocenters. The molecule has 0 saturated carbocycles. The first kappa shape index (κ1) is 13.6. The Hall–Kier alpha value is -1.40. The molecule has 6 heteroatoms. The summed E-state index contributed by atoms with van der Waals surface area (Å²) in [5.74, 6) is 0. The summed E-state index contributed by atoms with van der Waals surface area (Å²) in [7, 11) is 1.68. The van der Waals surface area contributed by atoms with Crippen LogP contribution < -0.4 is 15.8 Å². The predicted molar refractivity (Wildman–Crippen MR) is 79.2 cm³/mol. The quantitative estimate of drug-likeness (QED) is 0.801. The Bertz CT molecular complexity index is 501. The molecule has 3 heterocycles. The SMILES string of the molecule is Cn1ncc(N2CCN(C3CCCNC3)CC2)cc1=O. The standard InChI is InChI=1S/C14H23N5O/c1-17-14(20)9-13(11-16-17)19-7-5-18(6-8-19)12-3-2-4-15-10-12/h9,11-12,15H,2-8,10H2,1H3. The molecule has 2 saturated heterocycles. The number of hydrogen-bond donors (Lipinski definition) is 1. The molecule has 1 N–H and O–H groups in total. The Kier molecular flexibility index (Phi) is 4.03. The van der Waals surface area contributed by atoms with Crippen LogP contribution in [-0.4, -0.2) is 60.0 Å². The predicted octanol–water partition coefficient (Wildman–Crippen LogP) is -0.346. The zero-order chi connectivity index (χ0) is 13.9. The number of piperidine rings is 1. The van der Waals surface area contributed by atoms with Gasteiger partial charge in [-0.05, 0) is 19.4 Å². The lowest BCUT2D eigenvalue weighted by molar-refractivity contribution is 0.157. The first-order chi connectivity index (χ1) is 9.74. The molecule has 1 aromatic heterocycles. The van der Waals surface area contributed by atoms with Crippen molar-refractivity contribution in [2.75, 3.05) is 44.2 Å². The van der Waals surface area contributed by atoms with E-state index in [-0.39, 0.29) is 5.56 Å². The fourth-order valence-electron chi connectivity index (χ4n) is 3.12. The molecule has 0 radical (unpaired) electrons. The number of nitrogens with zero attached hydrogens (tertiary/aromatic N) is 4. The molecule has 0 amide bonds. The Labute approximate surface area is 119 Å². The molecule has 20 heavy (non-hydrogen) atoms. The Balaban J connectivity index is 1.60. The van der Waals surface area contributed by atoms with Gasteiger partial charge in [0.15, 0.2) is 0 Å². The van der Waals surface area contributed by atoms with Crippen molar-refractivity contribution in [3.63, 3.8) is 0 Å². The lowest BCUT2D eigenvalue weighted by Crippen LogP contribution is -2.54. The highest BCUT2D eigenvalue weighted by Crippen LogP contribution is 2.17. The van der Waals surface area contributed by atoms with Crippen molar-refractivity contribution < 1.29 is 0 Å². The van der Waals surface area contributed by atoms with E-state index in [0.717, 1.165) is 45.0 Å². The lowest BCUT2D eigenvalue weighted by atomic mass is 10.0. The smallest absolute Gasteiger partial charge is 0.268 e. The van der Waals surface area contributed by atoms with Gasteiger partial charge in [-0.25, -0.2) is 4.68 Å². The average Bonchev–Trinajstić information content (AvgIpc) is 2.51. The van der Waals surface area contributed by atoms with Gasteiger partial charge in [-0.3, -0.25) is 9.69 Å². The van der Waals surface area contributed by atoms with Crippen LogP contribution in [0.3, 0.4) is 0 Å². The van der Waals surface area contributed by atoms with Gasteiger partial charge >= 0.3 is 0 Å². The molecule has 2 fully saturated rings. The average molecular weight is 277 g/mol. The molecule has 1 atom stereocenters. The van der Waals surface area contributed by atoms with Gasteiger partial charge in [-0.2, -0.15) is 5.10 Å². The molecule has 0 spiro atoms. The topological polar surface area (TPSA) is 53.4 Å². The minimum Gasteiger partial charge on any atom is -0.368 e. The second kappa shape index (κ2) is 5.93. The van der Waals surface area contributed by atoms with E-state index in [1.807, 2.05) is 0 Å². The molecule has 2 aliphatic heterocycles. The Morgan fingerprint density at radius 1 is 1.30 bits per heavy atom. The molecule has 0 aliphatic carbocycles. The minimum absolute atomic E-state index is 0.0404. The highest BCUT2D eigenvalue weighted by molar-refractivity contribution is 5.43. The second-order valence-electron chi connectivity index (χ2n) is 5.70. The monoisotopic (exact) mass is 277 g/mol. The van der Waals surface area contributed by atoms with Gasteiger partial charge in [-0.15, -0.1) is 0 Å². The van der Waals surface area contributed by atoms with Gasteiger partial charge in [0.05, 0.1) is 11.9 Å². The molecule has 3 rings (SSSR count). The highest BCUT2D eigenvalue weighted by Gasteiger charge is 2.25. The maximum Gasteiger partial charge on any atom is 0.268 e. The van der Waals surface area contributed by atoms with Crippen LogP contribution in [-0.2, 0) is 7.05 Å². The van der Waals surface area contributed by atoms with Crippen LogP contribution in [0.15, 0.2) is 17.1 Å². The largest absolute Gasteiger partial charge is 0.368 e. The van der Waals surface area contributed by atoms with Gasteiger partial charge in [0.1, 0.15) is 0 Å². The van der Waals surface area contributed by atoms with Crippen LogP contribution in [0.4, 0.5) is 5.69 Å². The first-order valence-corrected chi connectivity index (χ1v) is 7.47. The van der Waals surface area contributed by atoms with E-state index in [1.165, 1.54) is 17.5 Å². The maximum absolute atomic E-state index is 11.6. The summed E-state index contributed by atoms with van der Waals surface area (Å²) in [5, 5.41) is 7.58. The van der Waals surface area contributed by atoms with Crippen molar-refractivity contribution in [2.45, 2.75) is 18.9 Å². The van der Waals surface area contributed by atoms with Crippen molar-refractivity contribution >= 4 is 5.69 Å². The van der Waals surface area contributed by atoms with Crippen LogP contribution in [0.25, 0.3) is 0 Å².